The highest BCUT2D eigenvalue weighted by Gasteiger charge is 2.28. The summed E-state index contributed by atoms with van der Waals surface area (Å²) in [5.41, 5.74) is 0.119. The van der Waals surface area contributed by atoms with Crippen LogP contribution < -0.4 is 4.74 Å². The molecule has 0 bridgehead atoms. The SMILES string of the molecule is CCCN(CCC)S(=O)(=O)c1cc(C#N)ccc1Oc1cc(F)ccc1F. The molecule has 0 amide bonds. The zero-order chi connectivity index (χ0) is 20.0. The van der Waals surface area contributed by atoms with E-state index in [4.69, 9.17) is 10.00 Å². The van der Waals surface area contributed by atoms with Gasteiger partial charge < -0.3 is 4.74 Å². The minimum absolute atomic E-state index is 0.119. The standard InChI is InChI=1S/C19H20F2N2O3S/c1-3-9-23(10-4-2)27(24,25)19-11-14(13-22)5-8-17(19)26-18-12-15(20)6-7-16(18)21/h5-8,11-12H,3-4,9-10H2,1-2H3. The van der Waals surface area contributed by atoms with Gasteiger partial charge in [-0.1, -0.05) is 13.8 Å². The van der Waals surface area contributed by atoms with E-state index in [1.807, 2.05) is 19.9 Å². The first-order valence-electron chi connectivity index (χ1n) is 8.50. The van der Waals surface area contributed by atoms with Gasteiger partial charge in [-0.3, -0.25) is 0 Å². The van der Waals surface area contributed by atoms with Gasteiger partial charge in [0, 0.05) is 19.2 Å². The maximum Gasteiger partial charge on any atom is 0.246 e. The van der Waals surface area contributed by atoms with E-state index in [-0.39, 0.29) is 16.2 Å². The molecule has 8 heteroatoms. The average molecular weight is 394 g/mol. The number of hydrogen-bond acceptors (Lipinski definition) is 4. The van der Waals surface area contributed by atoms with E-state index in [9.17, 15) is 17.2 Å². The predicted molar refractivity (Wildman–Crippen MR) is 96.9 cm³/mol. The van der Waals surface area contributed by atoms with Gasteiger partial charge >= 0.3 is 0 Å². The number of hydrogen-bond donors (Lipinski definition) is 0. The van der Waals surface area contributed by atoms with Crippen LogP contribution in [0.25, 0.3) is 0 Å². The highest BCUT2D eigenvalue weighted by molar-refractivity contribution is 7.89. The molecule has 27 heavy (non-hydrogen) atoms. The lowest BCUT2D eigenvalue weighted by Gasteiger charge is -2.22. The molecule has 0 fully saturated rings. The lowest BCUT2D eigenvalue weighted by Crippen LogP contribution is -2.32. The van der Waals surface area contributed by atoms with Crippen molar-refractivity contribution < 1.29 is 21.9 Å². The zero-order valence-electron chi connectivity index (χ0n) is 15.1. The summed E-state index contributed by atoms with van der Waals surface area (Å²) >= 11 is 0. The molecule has 0 aromatic heterocycles. The van der Waals surface area contributed by atoms with Crippen LogP contribution >= 0.6 is 0 Å². The number of nitrogens with zero attached hydrogens (tertiary/aromatic N) is 2. The summed E-state index contributed by atoms with van der Waals surface area (Å²) in [6.07, 6.45) is 1.21. The van der Waals surface area contributed by atoms with Crippen LogP contribution in [-0.4, -0.2) is 25.8 Å². The second-order valence-corrected chi connectivity index (χ2v) is 7.76. The fourth-order valence-corrected chi connectivity index (χ4v) is 4.29. The summed E-state index contributed by atoms with van der Waals surface area (Å²) in [4.78, 5) is -0.257. The molecule has 2 aromatic rings. The maximum absolute atomic E-state index is 13.9. The Morgan fingerprint density at radius 2 is 1.70 bits per heavy atom. The molecule has 2 rings (SSSR count). The Balaban J connectivity index is 2.57. The minimum Gasteiger partial charge on any atom is -0.453 e. The van der Waals surface area contributed by atoms with Crippen LogP contribution in [0.4, 0.5) is 8.78 Å². The van der Waals surface area contributed by atoms with Crippen molar-refractivity contribution in [2.75, 3.05) is 13.1 Å². The van der Waals surface area contributed by atoms with Gasteiger partial charge in [0.15, 0.2) is 11.6 Å². The molecule has 0 atom stereocenters. The van der Waals surface area contributed by atoms with Crippen LogP contribution in [0.3, 0.4) is 0 Å². The van der Waals surface area contributed by atoms with E-state index in [0.29, 0.717) is 25.9 Å². The Morgan fingerprint density at radius 3 is 2.30 bits per heavy atom. The van der Waals surface area contributed by atoms with Crippen molar-refractivity contribution in [2.24, 2.45) is 0 Å². The molecular weight excluding hydrogens is 374 g/mol. The quantitative estimate of drug-likeness (QED) is 0.664. The normalized spacial score (nSPS) is 11.4. The summed E-state index contributed by atoms with van der Waals surface area (Å²) in [5.74, 6) is -2.16. The Labute approximate surface area is 157 Å². The van der Waals surface area contributed by atoms with Gasteiger partial charge in [0.1, 0.15) is 16.5 Å². The third kappa shape index (κ3) is 4.81. The van der Waals surface area contributed by atoms with Crippen LogP contribution in [-0.2, 0) is 10.0 Å². The monoisotopic (exact) mass is 394 g/mol. The minimum atomic E-state index is -3.99. The number of ether oxygens (including phenoxy) is 1. The van der Waals surface area contributed by atoms with Gasteiger partial charge in [0.05, 0.1) is 11.6 Å². The first kappa shape index (κ1) is 20.8. The fourth-order valence-electron chi connectivity index (χ4n) is 2.53. The molecule has 0 unspecified atom stereocenters. The van der Waals surface area contributed by atoms with Crippen molar-refractivity contribution >= 4 is 10.0 Å². The van der Waals surface area contributed by atoms with Crippen molar-refractivity contribution in [1.82, 2.24) is 4.31 Å². The van der Waals surface area contributed by atoms with Gasteiger partial charge in [-0.2, -0.15) is 9.57 Å². The van der Waals surface area contributed by atoms with Crippen LogP contribution in [0.2, 0.25) is 0 Å². The molecule has 0 aliphatic heterocycles. The molecule has 0 saturated heterocycles. The summed E-state index contributed by atoms with van der Waals surface area (Å²) in [7, 11) is -3.99. The molecular formula is C19H20F2N2O3S. The van der Waals surface area contributed by atoms with Crippen molar-refractivity contribution in [3.63, 3.8) is 0 Å². The van der Waals surface area contributed by atoms with E-state index in [1.165, 1.54) is 22.5 Å². The number of benzene rings is 2. The first-order chi connectivity index (χ1) is 12.8. The summed E-state index contributed by atoms with van der Waals surface area (Å²) < 4.78 is 60.2. The first-order valence-corrected chi connectivity index (χ1v) is 9.94. The summed E-state index contributed by atoms with van der Waals surface area (Å²) in [5, 5.41) is 9.13. The topological polar surface area (TPSA) is 70.4 Å². The molecule has 0 radical (unpaired) electrons. The Morgan fingerprint density at radius 1 is 1.04 bits per heavy atom. The highest BCUT2D eigenvalue weighted by atomic mass is 32.2. The van der Waals surface area contributed by atoms with Crippen LogP contribution in [0.1, 0.15) is 32.3 Å². The Bertz CT molecular complexity index is 950. The molecule has 0 saturated carbocycles. The van der Waals surface area contributed by atoms with E-state index in [2.05, 4.69) is 0 Å². The van der Waals surface area contributed by atoms with Gasteiger partial charge in [0.2, 0.25) is 10.0 Å². The molecule has 0 N–H and O–H groups in total. The highest BCUT2D eigenvalue weighted by Crippen LogP contribution is 2.33. The smallest absolute Gasteiger partial charge is 0.246 e. The van der Waals surface area contributed by atoms with Crippen LogP contribution in [0.5, 0.6) is 11.5 Å². The lowest BCUT2D eigenvalue weighted by molar-refractivity contribution is 0.399. The number of sulfonamides is 1. The second kappa shape index (κ2) is 8.93. The largest absolute Gasteiger partial charge is 0.453 e. The van der Waals surface area contributed by atoms with Crippen molar-refractivity contribution in [3.05, 3.63) is 53.6 Å². The lowest BCUT2D eigenvalue weighted by atomic mass is 10.2. The van der Waals surface area contributed by atoms with Gasteiger partial charge in [0.25, 0.3) is 0 Å². The van der Waals surface area contributed by atoms with E-state index < -0.39 is 27.4 Å². The Hall–Kier alpha value is -2.50. The van der Waals surface area contributed by atoms with Crippen molar-refractivity contribution in [2.45, 2.75) is 31.6 Å². The maximum atomic E-state index is 13.9. The van der Waals surface area contributed by atoms with Crippen molar-refractivity contribution in [1.29, 1.82) is 5.26 Å². The molecule has 0 aliphatic rings. The summed E-state index contributed by atoms with van der Waals surface area (Å²) in [6, 6.07) is 8.35. The van der Waals surface area contributed by atoms with Crippen LogP contribution in [0.15, 0.2) is 41.3 Å². The molecule has 144 valence electrons. The van der Waals surface area contributed by atoms with Gasteiger partial charge in [-0.15, -0.1) is 0 Å². The number of nitriles is 1. The average Bonchev–Trinajstić information content (AvgIpc) is 2.64. The van der Waals surface area contributed by atoms with E-state index in [0.717, 1.165) is 18.2 Å². The van der Waals surface area contributed by atoms with Gasteiger partial charge in [-0.25, -0.2) is 17.2 Å². The van der Waals surface area contributed by atoms with E-state index >= 15 is 0 Å². The third-order valence-electron chi connectivity index (χ3n) is 3.75. The van der Waals surface area contributed by atoms with Crippen LogP contribution in [0, 0.1) is 23.0 Å². The Kier molecular flexibility index (Phi) is 6.88. The van der Waals surface area contributed by atoms with Crippen molar-refractivity contribution in [3.8, 4) is 17.6 Å². The van der Waals surface area contributed by atoms with E-state index in [1.54, 1.807) is 0 Å². The molecule has 5 nitrogen and oxygen atoms in total. The predicted octanol–water partition coefficient (Wildman–Crippen LogP) is 4.44. The zero-order valence-corrected chi connectivity index (χ0v) is 15.9. The number of halogens is 2. The van der Waals surface area contributed by atoms with Gasteiger partial charge in [-0.05, 0) is 43.2 Å². The number of rotatable bonds is 8. The molecule has 2 aromatic carbocycles. The molecule has 0 spiro atoms. The summed E-state index contributed by atoms with van der Waals surface area (Å²) in [6.45, 7) is 4.29. The molecule has 0 heterocycles. The fraction of sp³-hybridized carbons (Fsp3) is 0.316. The molecule has 0 aliphatic carbocycles. The third-order valence-corrected chi connectivity index (χ3v) is 5.67. The second-order valence-electron chi connectivity index (χ2n) is 5.85.